The predicted octanol–water partition coefficient (Wildman–Crippen LogP) is 4.77. The van der Waals surface area contributed by atoms with Crippen LogP contribution >= 0.6 is 11.8 Å². The first-order valence-corrected chi connectivity index (χ1v) is 20.3. The normalized spacial score (nSPS) is 29.6. The number of rotatable bonds is 4. The van der Waals surface area contributed by atoms with E-state index in [2.05, 4.69) is 21.2 Å². The number of phenolic OH excluding ortho intramolecular Hbond substituents is 2. The Morgan fingerprint density at radius 1 is 1.05 bits per heavy atom. The lowest BCUT2D eigenvalue weighted by molar-refractivity contribution is -0.157. The van der Waals surface area contributed by atoms with Gasteiger partial charge in [-0.3, -0.25) is 19.9 Å². The number of carbonyl (C=O) groups is 2. The Bertz CT molecular complexity index is 2280. The van der Waals surface area contributed by atoms with Crippen molar-refractivity contribution in [2.75, 3.05) is 40.4 Å². The molecule has 7 aliphatic heterocycles. The zero-order valence-electron chi connectivity index (χ0n) is 32.9. The van der Waals surface area contributed by atoms with Gasteiger partial charge in [0.05, 0.1) is 37.6 Å². The molecule has 7 heterocycles. The summed E-state index contributed by atoms with van der Waals surface area (Å²) < 4.78 is 36.3. The highest BCUT2D eigenvalue weighted by Crippen LogP contribution is 2.64. The summed E-state index contributed by atoms with van der Waals surface area (Å²) in [5.41, 5.74) is 4.42. The molecule has 10 rings (SSSR count). The number of ether oxygens (including phenoxy) is 6. The van der Waals surface area contributed by atoms with Gasteiger partial charge in [-0.1, -0.05) is 13.0 Å². The van der Waals surface area contributed by atoms with Crippen LogP contribution in [0.15, 0.2) is 18.2 Å². The number of nitriles is 1. The van der Waals surface area contributed by atoms with Gasteiger partial charge in [0.2, 0.25) is 6.79 Å². The fraction of sp³-hybridized carbons (Fsp3) is 0.500. The Balaban J connectivity index is 1.34. The van der Waals surface area contributed by atoms with E-state index in [4.69, 9.17) is 28.4 Å². The summed E-state index contributed by atoms with van der Waals surface area (Å²) in [6.45, 7) is 6.90. The first-order valence-electron chi connectivity index (χ1n) is 19.3. The summed E-state index contributed by atoms with van der Waals surface area (Å²) in [4.78, 5) is 32.4. The fourth-order valence-corrected chi connectivity index (χ4v) is 12.3. The third kappa shape index (κ3) is 5.26. The number of methoxy groups -OCH3 is 2. The average molecular weight is 799 g/mol. The van der Waals surface area contributed by atoms with Crippen molar-refractivity contribution in [3.8, 4) is 46.3 Å². The monoisotopic (exact) mass is 798 g/mol. The van der Waals surface area contributed by atoms with Gasteiger partial charge in [0.25, 0.3) is 0 Å². The minimum absolute atomic E-state index is 0.0194. The van der Waals surface area contributed by atoms with Crippen molar-refractivity contribution in [2.45, 2.75) is 94.0 Å². The van der Waals surface area contributed by atoms with Crippen LogP contribution in [0.2, 0.25) is 0 Å². The number of likely N-dealkylation sites (N-methyl/N-ethyl adjacent to an activating group) is 1. The van der Waals surface area contributed by atoms with Gasteiger partial charge >= 0.3 is 11.9 Å². The largest absolute Gasteiger partial charge is 0.504 e. The lowest BCUT2D eigenvalue weighted by atomic mass is 9.71. The van der Waals surface area contributed by atoms with Crippen LogP contribution in [0.1, 0.15) is 82.1 Å². The molecule has 3 N–H and O–H groups in total. The second kappa shape index (κ2) is 13.6. The first-order chi connectivity index (χ1) is 27.4. The van der Waals surface area contributed by atoms with Gasteiger partial charge in [-0.15, -0.1) is 11.8 Å². The number of phenols is 2. The number of carbonyl (C=O) groups excluding carboxylic acids is 2. The average Bonchev–Trinajstić information content (AvgIpc) is 3.68. The zero-order chi connectivity index (χ0) is 40.2. The van der Waals surface area contributed by atoms with Crippen LogP contribution < -0.4 is 29.0 Å². The molecular weight excluding hydrogens is 753 g/mol. The third-order valence-corrected chi connectivity index (χ3v) is 14.5. The van der Waals surface area contributed by atoms with Crippen molar-refractivity contribution in [3.05, 3.63) is 62.7 Å². The molecule has 57 heavy (non-hydrogen) atoms. The van der Waals surface area contributed by atoms with Gasteiger partial charge in [0, 0.05) is 53.1 Å². The molecule has 15 heteroatoms. The number of aryl methyl sites for hydroxylation is 1. The van der Waals surface area contributed by atoms with Gasteiger partial charge in [0.15, 0.2) is 40.0 Å². The highest BCUT2D eigenvalue weighted by Gasteiger charge is 2.62. The lowest BCUT2D eigenvalue weighted by Gasteiger charge is -2.62. The number of benzene rings is 3. The number of esters is 2. The van der Waals surface area contributed by atoms with E-state index in [0.29, 0.717) is 70.1 Å². The van der Waals surface area contributed by atoms with E-state index >= 15 is 4.79 Å². The van der Waals surface area contributed by atoms with Crippen LogP contribution in [-0.4, -0.2) is 96.5 Å². The summed E-state index contributed by atoms with van der Waals surface area (Å²) in [7, 11) is 5.00. The maximum atomic E-state index is 15.0. The number of aromatic hydroxyl groups is 2. The summed E-state index contributed by atoms with van der Waals surface area (Å²) in [5.74, 6) is 0.989. The Morgan fingerprint density at radius 3 is 2.53 bits per heavy atom. The van der Waals surface area contributed by atoms with Crippen LogP contribution in [0.4, 0.5) is 0 Å². The second-order valence-corrected chi connectivity index (χ2v) is 17.0. The molecule has 8 atom stereocenters. The summed E-state index contributed by atoms with van der Waals surface area (Å²) in [5, 5.41) is 37.3. The number of fused-ring (bicyclic) bond motifs is 9. The van der Waals surface area contributed by atoms with Gasteiger partial charge in [-0.25, -0.2) is 4.79 Å². The molecule has 2 unspecified atom stereocenters. The zero-order valence-corrected chi connectivity index (χ0v) is 33.7. The number of nitrogens with zero attached hydrogens (tertiary/aromatic N) is 3. The number of piperazine rings is 1. The van der Waals surface area contributed by atoms with Crippen molar-refractivity contribution in [1.82, 2.24) is 15.1 Å². The van der Waals surface area contributed by atoms with Crippen LogP contribution in [0.25, 0.3) is 0 Å². The SMILES string of the molecule is CCC1Cc2cc(O)c(OC)cc2[C@@]2(CS[C@@H]3c4c(OC(C)=O)c(C)c5c(c4[C@@H](COC2=O)N2C3[C@@H]3c4c(cc(C)c(OC)c4O)C[C@H]([C@@H]2C#N)N3C)OCO5)N1. The van der Waals surface area contributed by atoms with E-state index in [0.717, 1.165) is 16.7 Å². The molecule has 0 aromatic heterocycles. The van der Waals surface area contributed by atoms with Crippen molar-refractivity contribution >= 4 is 23.7 Å². The van der Waals surface area contributed by atoms with E-state index < -0.39 is 46.9 Å². The highest BCUT2D eigenvalue weighted by atomic mass is 32.2. The minimum Gasteiger partial charge on any atom is -0.504 e. The molecule has 3 aromatic rings. The van der Waals surface area contributed by atoms with Gasteiger partial charge < -0.3 is 38.6 Å². The molecular formula is C42H46N4O10S. The van der Waals surface area contributed by atoms with Crippen molar-refractivity contribution < 1.29 is 48.2 Å². The summed E-state index contributed by atoms with van der Waals surface area (Å²) in [6, 6.07) is 5.19. The Morgan fingerprint density at radius 2 is 1.82 bits per heavy atom. The summed E-state index contributed by atoms with van der Waals surface area (Å²) >= 11 is 1.49. The number of hydrogen-bond donors (Lipinski definition) is 3. The second-order valence-electron chi connectivity index (χ2n) is 15.9. The third-order valence-electron chi connectivity index (χ3n) is 13.0. The molecule has 1 spiro atoms. The highest BCUT2D eigenvalue weighted by molar-refractivity contribution is 7.99. The Kier molecular flexibility index (Phi) is 9.00. The number of hydrogen-bond acceptors (Lipinski definition) is 15. The molecule has 0 radical (unpaired) electrons. The van der Waals surface area contributed by atoms with Gasteiger partial charge in [0.1, 0.15) is 18.4 Å². The molecule has 0 saturated carbocycles. The molecule has 3 aromatic carbocycles. The molecule has 2 saturated heterocycles. The van der Waals surface area contributed by atoms with Gasteiger partial charge in [-0.2, -0.15) is 5.26 Å². The molecule has 0 amide bonds. The lowest BCUT2D eigenvalue weighted by Crippen LogP contribution is -2.69. The molecule has 2 fully saturated rings. The first kappa shape index (κ1) is 37.7. The molecule has 0 aliphatic carbocycles. The summed E-state index contributed by atoms with van der Waals surface area (Å²) in [6.07, 6.45) is 1.76. The Labute approximate surface area is 334 Å². The molecule has 4 bridgehead atoms. The van der Waals surface area contributed by atoms with Crippen LogP contribution in [0.3, 0.4) is 0 Å². The Hall–Kier alpha value is -4.88. The van der Waals surface area contributed by atoms with E-state index in [9.17, 15) is 20.3 Å². The van der Waals surface area contributed by atoms with E-state index in [-0.39, 0.29) is 48.5 Å². The maximum absolute atomic E-state index is 15.0. The van der Waals surface area contributed by atoms with E-state index in [1.165, 1.54) is 32.9 Å². The van der Waals surface area contributed by atoms with Crippen molar-refractivity contribution in [2.24, 2.45) is 0 Å². The smallest absolute Gasteiger partial charge is 0.331 e. The van der Waals surface area contributed by atoms with Crippen molar-refractivity contribution in [1.29, 1.82) is 5.26 Å². The topological polar surface area (TPSA) is 172 Å². The van der Waals surface area contributed by atoms with E-state index in [1.807, 2.05) is 33.9 Å². The standard InChI is InChI=1S/C42H46N4O10S/c1-8-23-10-21-12-28(48)29(51-6)13-24(21)42(44-23)16-57-40-32-31(39-38(54-17-55-39)19(3)37(32)56-20(4)47)27(15-53-41(42)50)46-26(14-43)25-11-22-9-18(2)36(52-7)35(49)30(22)33(34(40)46)45(25)5/h9,12-13,23,25-27,33-34,40,44,48-49H,8,10-11,15-17H2,1-7H3/t23?,25-,26+,27-,33+,34?,40-,42-/m1/s1. The number of thioether (sulfide) groups is 1. The van der Waals surface area contributed by atoms with E-state index in [1.54, 1.807) is 12.1 Å². The van der Waals surface area contributed by atoms with Crippen molar-refractivity contribution in [3.63, 3.8) is 0 Å². The minimum atomic E-state index is -1.39. The van der Waals surface area contributed by atoms with Crippen LogP contribution in [0.5, 0.6) is 40.2 Å². The maximum Gasteiger partial charge on any atom is 0.331 e. The van der Waals surface area contributed by atoms with Gasteiger partial charge in [-0.05, 0) is 74.5 Å². The molecule has 14 nitrogen and oxygen atoms in total. The van der Waals surface area contributed by atoms with Crippen LogP contribution in [0, 0.1) is 25.2 Å². The molecule has 300 valence electrons. The molecule has 7 aliphatic rings. The quantitative estimate of drug-likeness (QED) is 0.243. The predicted molar refractivity (Wildman–Crippen MR) is 207 cm³/mol. The fourth-order valence-electron chi connectivity index (χ4n) is 10.6. The number of nitrogens with one attached hydrogen (secondary N) is 1. The van der Waals surface area contributed by atoms with Crippen LogP contribution in [-0.2, 0) is 32.7 Å².